The predicted octanol–water partition coefficient (Wildman–Crippen LogP) is 4.27. The van der Waals surface area contributed by atoms with Crippen LogP contribution in [0, 0.1) is 6.92 Å². The second-order valence-electron chi connectivity index (χ2n) is 8.28. The van der Waals surface area contributed by atoms with Gasteiger partial charge >= 0.3 is 0 Å². The molecule has 0 radical (unpaired) electrons. The molecule has 8 nitrogen and oxygen atoms in total. The topological polar surface area (TPSA) is 91.0 Å². The second-order valence-corrected chi connectivity index (χ2v) is 8.71. The first-order valence-electron chi connectivity index (χ1n) is 11.0. The molecule has 1 aromatic carbocycles. The highest BCUT2D eigenvalue weighted by Crippen LogP contribution is 2.34. The van der Waals surface area contributed by atoms with Crippen molar-refractivity contribution in [2.75, 3.05) is 18.9 Å². The number of furan rings is 1. The summed E-state index contributed by atoms with van der Waals surface area (Å²) in [5.41, 5.74) is 2.47. The number of aryl methyl sites for hydroxylation is 1. The summed E-state index contributed by atoms with van der Waals surface area (Å²) in [5, 5.41) is 9.51. The highest BCUT2D eigenvalue weighted by Gasteiger charge is 2.37. The number of anilines is 1. The molecule has 2 atom stereocenters. The van der Waals surface area contributed by atoms with Crippen LogP contribution in [0.5, 0.6) is 0 Å². The van der Waals surface area contributed by atoms with Crippen molar-refractivity contribution in [1.29, 1.82) is 0 Å². The number of hydrogen-bond acceptors (Lipinski definition) is 6. The zero-order valence-corrected chi connectivity index (χ0v) is 20.0. The van der Waals surface area contributed by atoms with Gasteiger partial charge in [-0.15, -0.1) is 0 Å². The van der Waals surface area contributed by atoms with Gasteiger partial charge in [-0.2, -0.15) is 5.10 Å². The van der Waals surface area contributed by atoms with Crippen LogP contribution >= 0.6 is 11.6 Å². The number of hydrogen-bond donors (Lipinski definition) is 1. The third-order valence-electron chi connectivity index (χ3n) is 5.75. The van der Waals surface area contributed by atoms with Gasteiger partial charge in [0.2, 0.25) is 5.91 Å². The largest absolute Gasteiger partial charge is 0.467 e. The van der Waals surface area contributed by atoms with E-state index in [0.717, 1.165) is 17.0 Å². The van der Waals surface area contributed by atoms with E-state index >= 15 is 0 Å². The van der Waals surface area contributed by atoms with Crippen LogP contribution in [-0.4, -0.2) is 52.1 Å². The monoisotopic (exact) mass is 479 g/mol. The van der Waals surface area contributed by atoms with Gasteiger partial charge in [-0.25, -0.2) is 9.99 Å². The number of nitrogens with zero attached hydrogens (tertiary/aromatic N) is 4. The predicted molar refractivity (Wildman–Crippen MR) is 131 cm³/mol. The van der Waals surface area contributed by atoms with Crippen molar-refractivity contribution >= 4 is 34.9 Å². The molecule has 2 aromatic heterocycles. The fourth-order valence-electron chi connectivity index (χ4n) is 3.77. The standard InChI is InChI=1S/C25H26ClN5O3/c1-16-6-4-8-23(27-16)28-24(32)15-30(3)17(2)25(33)31-21(22-7-5-13-34-22)14-20(29-31)18-9-11-19(26)12-10-18/h4-13,17,21H,14-15H2,1-3H3,(H,27,28,32). The highest BCUT2D eigenvalue weighted by atomic mass is 35.5. The van der Waals surface area contributed by atoms with E-state index in [9.17, 15) is 9.59 Å². The molecule has 0 saturated heterocycles. The Bertz CT molecular complexity index is 1190. The first-order chi connectivity index (χ1) is 16.3. The molecule has 0 fully saturated rings. The summed E-state index contributed by atoms with van der Waals surface area (Å²) in [4.78, 5) is 32.0. The van der Waals surface area contributed by atoms with Crippen molar-refractivity contribution in [2.24, 2.45) is 5.10 Å². The summed E-state index contributed by atoms with van der Waals surface area (Å²) >= 11 is 6.02. The van der Waals surface area contributed by atoms with Crippen LogP contribution in [0.25, 0.3) is 0 Å². The van der Waals surface area contributed by atoms with E-state index in [0.29, 0.717) is 23.0 Å². The maximum Gasteiger partial charge on any atom is 0.260 e. The average Bonchev–Trinajstić information content (AvgIpc) is 3.48. The number of pyridine rings is 1. The molecule has 176 valence electrons. The SMILES string of the molecule is Cc1cccc(NC(=O)CN(C)C(C)C(=O)N2N=C(c3ccc(Cl)cc3)CC2c2ccco2)n1. The lowest BCUT2D eigenvalue weighted by Gasteiger charge is -2.28. The summed E-state index contributed by atoms with van der Waals surface area (Å²) in [7, 11) is 1.73. The summed E-state index contributed by atoms with van der Waals surface area (Å²) in [6.07, 6.45) is 2.09. The molecule has 3 heterocycles. The molecule has 1 aliphatic rings. The Morgan fingerprint density at radius 3 is 2.65 bits per heavy atom. The summed E-state index contributed by atoms with van der Waals surface area (Å²) in [6, 6.07) is 15.4. The van der Waals surface area contributed by atoms with Gasteiger partial charge in [-0.1, -0.05) is 29.8 Å². The molecule has 34 heavy (non-hydrogen) atoms. The number of likely N-dealkylation sites (N-methyl/N-ethyl adjacent to an activating group) is 1. The number of halogens is 1. The maximum absolute atomic E-state index is 13.5. The number of rotatable bonds is 7. The summed E-state index contributed by atoms with van der Waals surface area (Å²) < 4.78 is 5.61. The van der Waals surface area contributed by atoms with Crippen molar-refractivity contribution in [3.05, 3.63) is 82.9 Å². The van der Waals surface area contributed by atoms with Crippen LogP contribution in [0.15, 0.2) is 70.4 Å². The molecule has 1 aliphatic heterocycles. The first-order valence-corrected chi connectivity index (χ1v) is 11.3. The first kappa shape index (κ1) is 23.7. The minimum Gasteiger partial charge on any atom is -0.467 e. The summed E-state index contributed by atoms with van der Waals surface area (Å²) in [5.74, 6) is 0.648. The molecule has 0 spiro atoms. The van der Waals surface area contributed by atoms with Gasteiger partial charge in [-0.3, -0.25) is 14.5 Å². The Kier molecular flexibility index (Phi) is 7.09. The lowest BCUT2D eigenvalue weighted by Crippen LogP contribution is -2.46. The fourth-order valence-corrected chi connectivity index (χ4v) is 3.90. The zero-order chi connectivity index (χ0) is 24.2. The number of carbonyl (C=O) groups is 2. The molecular weight excluding hydrogens is 454 g/mol. The molecule has 9 heteroatoms. The maximum atomic E-state index is 13.5. The number of nitrogens with one attached hydrogen (secondary N) is 1. The lowest BCUT2D eigenvalue weighted by atomic mass is 10.0. The third-order valence-corrected chi connectivity index (χ3v) is 6.00. The van der Waals surface area contributed by atoms with E-state index in [1.54, 1.807) is 49.4 Å². The molecule has 2 unspecified atom stereocenters. The Labute approximate surface area is 203 Å². The normalized spacial score (nSPS) is 16.4. The van der Waals surface area contributed by atoms with Crippen molar-refractivity contribution in [1.82, 2.24) is 14.9 Å². The van der Waals surface area contributed by atoms with Crippen molar-refractivity contribution < 1.29 is 14.0 Å². The van der Waals surface area contributed by atoms with E-state index in [1.807, 2.05) is 37.3 Å². The average molecular weight is 480 g/mol. The smallest absolute Gasteiger partial charge is 0.260 e. The zero-order valence-electron chi connectivity index (χ0n) is 19.2. The molecule has 2 amide bonds. The quantitative estimate of drug-likeness (QED) is 0.546. The van der Waals surface area contributed by atoms with E-state index in [2.05, 4.69) is 15.4 Å². The highest BCUT2D eigenvalue weighted by molar-refractivity contribution is 6.30. The third kappa shape index (κ3) is 5.35. The minimum absolute atomic E-state index is 0.0234. The molecule has 1 N–H and O–H groups in total. The van der Waals surface area contributed by atoms with Crippen LogP contribution < -0.4 is 5.32 Å². The molecule has 4 rings (SSSR count). The Morgan fingerprint density at radius 2 is 1.97 bits per heavy atom. The van der Waals surface area contributed by atoms with Crippen LogP contribution in [0.2, 0.25) is 5.02 Å². The number of benzene rings is 1. The van der Waals surface area contributed by atoms with Gasteiger partial charge in [0.05, 0.1) is 24.6 Å². The molecule has 0 bridgehead atoms. The van der Waals surface area contributed by atoms with E-state index in [4.69, 9.17) is 16.0 Å². The van der Waals surface area contributed by atoms with Crippen LogP contribution in [0.1, 0.15) is 36.4 Å². The Hall–Kier alpha value is -3.49. The van der Waals surface area contributed by atoms with Gasteiger partial charge in [0, 0.05) is 17.1 Å². The number of aromatic nitrogens is 1. The van der Waals surface area contributed by atoms with E-state index < -0.39 is 6.04 Å². The van der Waals surface area contributed by atoms with E-state index in [1.165, 1.54) is 5.01 Å². The van der Waals surface area contributed by atoms with Crippen molar-refractivity contribution in [3.8, 4) is 0 Å². The second kappa shape index (κ2) is 10.2. The van der Waals surface area contributed by atoms with Gasteiger partial charge < -0.3 is 9.73 Å². The van der Waals surface area contributed by atoms with E-state index in [-0.39, 0.29) is 24.4 Å². The molecule has 0 aliphatic carbocycles. The molecule has 0 saturated carbocycles. The Morgan fingerprint density at radius 1 is 1.21 bits per heavy atom. The van der Waals surface area contributed by atoms with Gasteiger partial charge in [0.1, 0.15) is 17.6 Å². The van der Waals surface area contributed by atoms with Gasteiger partial charge in [0.15, 0.2) is 0 Å². The lowest BCUT2D eigenvalue weighted by molar-refractivity contribution is -0.138. The Balaban J connectivity index is 1.48. The van der Waals surface area contributed by atoms with Crippen molar-refractivity contribution in [3.63, 3.8) is 0 Å². The van der Waals surface area contributed by atoms with Gasteiger partial charge in [-0.05, 0) is 62.9 Å². The number of carbonyl (C=O) groups excluding carboxylic acids is 2. The van der Waals surface area contributed by atoms with Crippen LogP contribution in [-0.2, 0) is 9.59 Å². The fraction of sp³-hybridized carbons (Fsp3) is 0.280. The summed E-state index contributed by atoms with van der Waals surface area (Å²) in [6.45, 7) is 3.64. The van der Waals surface area contributed by atoms with Crippen molar-refractivity contribution in [2.45, 2.75) is 32.4 Å². The molecule has 3 aromatic rings. The van der Waals surface area contributed by atoms with Crippen LogP contribution in [0.3, 0.4) is 0 Å². The van der Waals surface area contributed by atoms with Gasteiger partial charge in [0.25, 0.3) is 5.91 Å². The van der Waals surface area contributed by atoms with Crippen LogP contribution in [0.4, 0.5) is 5.82 Å². The number of amides is 2. The number of hydrazone groups is 1. The molecular formula is C25H26ClN5O3. The minimum atomic E-state index is -0.595.